The van der Waals surface area contributed by atoms with Gasteiger partial charge in [-0.1, -0.05) is 0 Å². The van der Waals surface area contributed by atoms with E-state index >= 15 is 0 Å². The van der Waals surface area contributed by atoms with Crippen LogP contribution in [0.2, 0.25) is 0 Å². The van der Waals surface area contributed by atoms with Gasteiger partial charge in [0.2, 0.25) is 10.0 Å². The third kappa shape index (κ3) is 3.42. The van der Waals surface area contributed by atoms with Crippen molar-refractivity contribution in [1.82, 2.24) is 4.31 Å². The molecule has 8 heteroatoms. The largest absolute Gasteiger partial charge is 0.486 e. The third-order valence-corrected chi connectivity index (χ3v) is 6.07. The van der Waals surface area contributed by atoms with Gasteiger partial charge in [-0.2, -0.15) is 9.57 Å². The number of nitrogens with zero attached hydrogens (tertiary/aromatic N) is 2. The molecule has 3 rings (SSSR count). The lowest BCUT2D eigenvalue weighted by Gasteiger charge is -2.31. The van der Waals surface area contributed by atoms with Gasteiger partial charge in [0.15, 0.2) is 11.5 Å². The van der Waals surface area contributed by atoms with Crippen molar-refractivity contribution in [2.75, 3.05) is 45.9 Å². The summed E-state index contributed by atoms with van der Waals surface area (Å²) in [5.74, 6) is 1.07. The molecule has 7 nitrogen and oxygen atoms in total. The molecule has 1 saturated heterocycles. The standard InChI is InChI=1S/C15H19N3O4S/c16-4-1-5-17-6-8-18(9-7-17)23(19,20)13-2-3-14-15(12-13)22-11-10-21-14/h2-3,12H,1,5-11H2/p+1. The number of nitriles is 1. The molecule has 1 fully saturated rings. The fourth-order valence-corrected chi connectivity index (χ4v) is 4.32. The number of fused-ring (bicyclic) bond motifs is 1. The number of hydrogen-bond donors (Lipinski definition) is 1. The molecule has 0 bridgehead atoms. The Morgan fingerprint density at radius 2 is 1.87 bits per heavy atom. The van der Waals surface area contributed by atoms with Crippen LogP contribution in [0.4, 0.5) is 0 Å². The average molecular weight is 338 g/mol. The number of quaternary nitrogens is 1. The summed E-state index contributed by atoms with van der Waals surface area (Å²) in [6, 6.07) is 6.89. The number of rotatable bonds is 4. The Hall–Kier alpha value is -1.82. The first-order valence-electron chi connectivity index (χ1n) is 7.71. The molecular formula is C15H20N3O4S+. The second-order valence-corrected chi connectivity index (χ2v) is 7.56. The zero-order valence-electron chi connectivity index (χ0n) is 12.8. The maximum absolute atomic E-state index is 12.8. The number of hydrogen-bond acceptors (Lipinski definition) is 5. The Balaban J connectivity index is 1.71. The van der Waals surface area contributed by atoms with Gasteiger partial charge in [-0.3, -0.25) is 0 Å². The molecule has 2 aliphatic rings. The van der Waals surface area contributed by atoms with Crippen molar-refractivity contribution < 1.29 is 22.8 Å². The second-order valence-electron chi connectivity index (χ2n) is 5.62. The van der Waals surface area contributed by atoms with Gasteiger partial charge in [0, 0.05) is 6.07 Å². The molecule has 124 valence electrons. The summed E-state index contributed by atoms with van der Waals surface area (Å²) < 4.78 is 37.9. The Kier molecular flexibility index (Phi) is 4.71. The SMILES string of the molecule is N#CCC[NH+]1CCN(S(=O)(=O)c2ccc3c(c2)OCCO3)CC1. The van der Waals surface area contributed by atoms with Crippen LogP contribution in [0, 0.1) is 11.3 Å². The van der Waals surface area contributed by atoms with Crippen LogP contribution in [0.5, 0.6) is 11.5 Å². The maximum atomic E-state index is 12.8. The van der Waals surface area contributed by atoms with Gasteiger partial charge in [0.25, 0.3) is 0 Å². The van der Waals surface area contributed by atoms with Crippen LogP contribution < -0.4 is 14.4 Å². The molecule has 0 aliphatic carbocycles. The van der Waals surface area contributed by atoms with E-state index in [9.17, 15) is 8.42 Å². The van der Waals surface area contributed by atoms with Crippen LogP contribution in [0.1, 0.15) is 6.42 Å². The highest BCUT2D eigenvalue weighted by Gasteiger charge is 2.31. The van der Waals surface area contributed by atoms with E-state index in [1.54, 1.807) is 18.2 Å². The van der Waals surface area contributed by atoms with E-state index in [4.69, 9.17) is 14.7 Å². The van der Waals surface area contributed by atoms with Crippen LogP contribution in [-0.4, -0.2) is 58.7 Å². The number of ether oxygens (including phenoxy) is 2. The van der Waals surface area contributed by atoms with Crippen LogP contribution in [-0.2, 0) is 10.0 Å². The van der Waals surface area contributed by atoms with Crippen molar-refractivity contribution in [3.05, 3.63) is 18.2 Å². The minimum atomic E-state index is -3.52. The van der Waals surface area contributed by atoms with Gasteiger partial charge in [-0.15, -0.1) is 0 Å². The minimum Gasteiger partial charge on any atom is -0.486 e. The summed E-state index contributed by atoms with van der Waals surface area (Å²) >= 11 is 0. The highest BCUT2D eigenvalue weighted by molar-refractivity contribution is 7.89. The Morgan fingerprint density at radius 3 is 2.57 bits per heavy atom. The molecule has 0 unspecified atom stereocenters. The van der Waals surface area contributed by atoms with Gasteiger partial charge >= 0.3 is 0 Å². The van der Waals surface area contributed by atoms with E-state index in [1.165, 1.54) is 9.21 Å². The summed E-state index contributed by atoms with van der Waals surface area (Å²) in [7, 11) is -3.52. The van der Waals surface area contributed by atoms with E-state index in [0.717, 1.165) is 19.6 Å². The molecule has 0 radical (unpaired) electrons. The van der Waals surface area contributed by atoms with Gasteiger partial charge in [0.1, 0.15) is 13.2 Å². The molecule has 0 spiro atoms. The molecule has 0 aromatic heterocycles. The zero-order chi connectivity index (χ0) is 16.3. The molecule has 0 atom stereocenters. The molecule has 0 amide bonds. The summed E-state index contributed by atoms with van der Waals surface area (Å²) in [6.45, 7) is 4.07. The van der Waals surface area contributed by atoms with E-state index in [2.05, 4.69) is 6.07 Å². The highest BCUT2D eigenvalue weighted by Crippen LogP contribution is 2.33. The van der Waals surface area contributed by atoms with Crippen molar-refractivity contribution in [2.45, 2.75) is 11.3 Å². The first-order valence-corrected chi connectivity index (χ1v) is 9.15. The van der Waals surface area contributed by atoms with Crippen molar-refractivity contribution in [3.8, 4) is 17.6 Å². The van der Waals surface area contributed by atoms with E-state index in [0.29, 0.717) is 44.2 Å². The van der Waals surface area contributed by atoms with Gasteiger partial charge in [-0.05, 0) is 12.1 Å². The smallest absolute Gasteiger partial charge is 0.243 e. The molecule has 2 aliphatic heterocycles. The predicted octanol–water partition coefficient (Wildman–Crippen LogP) is -0.739. The first kappa shape index (κ1) is 16.1. The molecule has 23 heavy (non-hydrogen) atoms. The Morgan fingerprint density at radius 1 is 1.17 bits per heavy atom. The monoisotopic (exact) mass is 338 g/mol. The fourth-order valence-electron chi connectivity index (χ4n) is 2.86. The zero-order valence-corrected chi connectivity index (χ0v) is 13.6. The quantitative estimate of drug-likeness (QED) is 0.782. The van der Waals surface area contributed by atoms with Crippen LogP contribution >= 0.6 is 0 Å². The molecular weight excluding hydrogens is 318 g/mol. The summed E-state index contributed by atoms with van der Waals surface area (Å²) in [4.78, 5) is 1.52. The lowest BCUT2D eigenvalue weighted by molar-refractivity contribution is -0.903. The maximum Gasteiger partial charge on any atom is 0.243 e. The Labute approximate surface area is 136 Å². The van der Waals surface area contributed by atoms with Crippen LogP contribution in [0.15, 0.2) is 23.1 Å². The third-order valence-electron chi connectivity index (χ3n) is 4.17. The number of piperazine rings is 1. The lowest BCUT2D eigenvalue weighted by atomic mass is 10.3. The number of nitrogens with one attached hydrogen (secondary N) is 1. The number of benzene rings is 1. The topological polar surface area (TPSA) is 84.1 Å². The molecule has 1 aromatic carbocycles. The molecule has 1 aromatic rings. The summed E-state index contributed by atoms with van der Waals surface area (Å²) in [6.07, 6.45) is 0.504. The summed E-state index contributed by atoms with van der Waals surface area (Å²) in [5.41, 5.74) is 0. The van der Waals surface area contributed by atoms with E-state index in [-0.39, 0.29) is 4.90 Å². The van der Waals surface area contributed by atoms with Gasteiger partial charge in [-0.25, -0.2) is 8.42 Å². The second kappa shape index (κ2) is 6.74. The Bertz CT molecular complexity index is 706. The lowest BCUT2D eigenvalue weighted by Crippen LogP contribution is -3.14. The van der Waals surface area contributed by atoms with Crippen LogP contribution in [0.25, 0.3) is 0 Å². The average Bonchev–Trinajstić information content (AvgIpc) is 2.60. The minimum absolute atomic E-state index is 0.238. The molecule has 1 N–H and O–H groups in total. The van der Waals surface area contributed by atoms with Gasteiger partial charge < -0.3 is 14.4 Å². The van der Waals surface area contributed by atoms with Crippen LogP contribution in [0.3, 0.4) is 0 Å². The van der Waals surface area contributed by atoms with E-state index in [1.807, 2.05) is 0 Å². The molecule has 2 heterocycles. The predicted molar refractivity (Wildman–Crippen MR) is 82.0 cm³/mol. The van der Waals surface area contributed by atoms with E-state index < -0.39 is 10.0 Å². The fraction of sp³-hybridized carbons (Fsp3) is 0.533. The van der Waals surface area contributed by atoms with Crippen molar-refractivity contribution >= 4 is 10.0 Å². The molecule has 0 saturated carbocycles. The normalized spacial score (nSPS) is 19.3. The number of sulfonamides is 1. The summed E-state index contributed by atoms with van der Waals surface area (Å²) in [5, 5.41) is 8.63. The van der Waals surface area contributed by atoms with Gasteiger partial charge in [0.05, 0.1) is 50.1 Å². The van der Waals surface area contributed by atoms with Crippen molar-refractivity contribution in [2.24, 2.45) is 0 Å². The van der Waals surface area contributed by atoms with Crippen molar-refractivity contribution in [3.63, 3.8) is 0 Å². The highest BCUT2D eigenvalue weighted by atomic mass is 32.2. The first-order chi connectivity index (χ1) is 11.1. The van der Waals surface area contributed by atoms with Crippen molar-refractivity contribution in [1.29, 1.82) is 5.26 Å².